The third-order valence-electron chi connectivity index (χ3n) is 7.68. The van der Waals surface area contributed by atoms with E-state index in [9.17, 15) is 18.3 Å². The van der Waals surface area contributed by atoms with Gasteiger partial charge in [-0.05, 0) is 59.7 Å². The van der Waals surface area contributed by atoms with Crippen LogP contribution < -0.4 is 10.5 Å². The van der Waals surface area contributed by atoms with E-state index in [0.29, 0.717) is 16.0 Å². The van der Waals surface area contributed by atoms with E-state index >= 15 is 0 Å². The number of fused-ring (bicyclic) bond motifs is 2. The van der Waals surface area contributed by atoms with Crippen molar-refractivity contribution in [2.24, 2.45) is 0 Å². The molecular weight excluding hydrogens is 545 g/mol. The van der Waals surface area contributed by atoms with Crippen LogP contribution in [-0.2, 0) is 27.5 Å². The van der Waals surface area contributed by atoms with Gasteiger partial charge in [-0.15, -0.1) is 17.1 Å². The molecule has 8 nitrogen and oxygen atoms in total. The number of anilines is 1. The summed E-state index contributed by atoms with van der Waals surface area (Å²) in [6.07, 6.45) is 5.01. The minimum Gasteiger partial charge on any atom is -0.493 e. The molecule has 0 fully saturated rings. The SMILES string of the molecule is CC1(C)CCN2CCC(C)(C)c3c2c1cc1cc(C=C=Cc2sc(=S)n(CCS(=O)(=O)O)c2O)c(=O)oc31. The zero-order valence-electron chi connectivity index (χ0n) is 21.7. The molecule has 0 unspecified atom stereocenters. The fourth-order valence-corrected chi connectivity index (χ4v) is 7.05. The Balaban J connectivity index is 1.58. The molecule has 2 aliphatic heterocycles. The summed E-state index contributed by atoms with van der Waals surface area (Å²) in [5.41, 5.74) is 6.86. The first-order valence-electron chi connectivity index (χ1n) is 12.4. The minimum absolute atomic E-state index is 0.00240. The summed E-state index contributed by atoms with van der Waals surface area (Å²) in [5.74, 6) is -0.797. The van der Waals surface area contributed by atoms with Gasteiger partial charge < -0.3 is 14.4 Å². The standard InChI is InChI=1S/C27H30N2O6S3/c1-26(2)8-10-28-11-9-27(3,4)20-21(28)18(26)15-17-14-16(24(31)35-22(17)20)6-5-7-19-23(30)29(25(36)37-19)12-13-38(32,33)34/h6-7,14-15,30H,8-13H2,1-4H3,(H,32,33,34). The van der Waals surface area contributed by atoms with Crippen molar-refractivity contribution in [1.29, 1.82) is 0 Å². The number of aromatic hydroxyl groups is 1. The molecule has 3 aromatic rings. The Hall–Kier alpha value is -2.69. The maximum absolute atomic E-state index is 13.0. The van der Waals surface area contributed by atoms with Gasteiger partial charge in [0, 0.05) is 42.3 Å². The van der Waals surface area contributed by atoms with Gasteiger partial charge in [-0.2, -0.15) is 8.42 Å². The molecule has 0 saturated heterocycles. The second kappa shape index (κ2) is 9.20. The first-order chi connectivity index (χ1) is 17.7. The summed E-state index contributed by atoms with van der Waals surface area (Å²) in [5, 5.41) is 11.3. The Morgan fingerprint density at radius 1 is 1.16 bits per heavy atom. The molecular formula is C27H30N2O6S3. The highest BCUT2D eigenvalue weighted by molar-refractivity contribution is 7.85. The van der Waals surface area contributed by atoms with Gasteiger partial charge in [0.15, 0.2) is 3.95 Å². The molecule has 11 heteroatoms. The van der Waals surface area contributed by atoms with Crippen molar-refractivity contribution in [3.05, 3.63) is 53.8 Å². The van der Waals surface area contributed by atoms with Gasteiger partial charge in [-0.25, -0.2) is 4.79 Å². The average molecular weight is 575 g/mol. The molecule has 0 saturated carbocycles. The number of rotatable bonds is 5. The van der Waals surface area contributed by atoms with E-state index in [4.69, 9.17) is 21.2 Å². The van der Waals surface area contributed by atoms with Crippen LogP contribution >= 0.6 is 23.6 Å². The van der Waals surface area contributed by atoms with Crippen LogP contribution in [0.2, 0.25) is 0 Å². The van der Waals surface area contributed by atoms with E-state index in [0.717, 1.165) is 48.2 Å². The second-order valence-corrected chi connectivity index (χ2v) is 14.5. The van der Waals surface area contributed by atoms with Gasteiger partial charge in [0.1, 0.15) is 5.58 Å². The molecule has 38 heavy (non-hydrogen) atoms. The van der Waals surface area contributed by atoms with Crippen LogP contribution in [0.4, 0.5) is 5.69 Å². The van der Waals surface area contributed by atoms with Crippen molar-refractivity contribution in [1.82, 2.24) is 4.57 Å². The predicted octanol–water partition coefficient (Wildman–Crippen LogP) is 5.47. The summed E-state index contributed by atoms with van der Waals surface area (Å²) in [7, 11) is -4.20. The molecule has 2 N–H and O–H groups in total. The molecule has 0 spiro atoms. The average Bonchev–Trinajstić information content (AvgIpc) is 3.08. The molecule has 0 amide bonds. The maximum Gasteiger partial charge on any atom is 0.344 e. The zero-order valence-corrected chi connectivity index (χ0v) is 24.1. The number of nitrogens with zero attached hydrogens (tertiary/aromatic N) is 2. The molecule has 0 bridgehead atoms. The Morgan fingerprint density at radius 3 is 2.53 bits per heavy atom. The Kier molecular flexibility index (Phi) is 6.52. The van der Waals surface area contributed by atoms with Crippen LogP contribution in [0.5, 0.6) is 5.88 Å². The van der Waals surface area contributed by atoms with Gasteiger partial charge in [0.05, 0.1) is 16.2 Å². The highest BCUT2D eigenvalue weighted by Crippen LogP contribution is 2.51. The van der Waals surface area contributed by atoms with Gasteiger partial charge in [0.25, 0.3) is 10.1 Å². The van der Waals surface area contributed by atoms with E-state index in [1.807, 2.05) is 6.07 Å². The Morgan fingerprint density at radius 2 is 1.84 bits per heavy atom. The lowest BCUT2D eigenvalue weighted by molar-refractivity contribution is 0.398. The number of benzene rings is 1. The van der Waals surface area contributed by atoms with Crippen molar-refractivity contribution < 1.29 is 22.5 Å². The van der Waals surface area contributed by atoms with Crippen LogP contribution in [-0.4, -0.2) is 41.5 Å². The van der Waals surface area contributed by atoms with E-state index in [-0.39, 0.29) is 27.2 Å². The Labute approximate surface area is 230 Å². The molecule has 5 rings (SSSR count). The summed E-state index contributed by atoms with van der Waals surface area (Å²) in [4.78, 5) is 15.8. The number of hydrogen-bond donors (Lipinski definition) is 2. The highest BCUT2D eigenvalue weighted by atomic mass is 32.2. The number of aromatic nitrogens is 1. The van der Waals surface area contributed by atoms with Gasteiger partial charge in [-0.1, -0.05) is 27.7 Å². The van der Waals surface area contributed by atoms with E-state index in [1.165, 1.54) is 28.0 Å². The van der Waals surface area contributed by atoms with E-state index < -0.39 is 21.5 Å². The first-order valence-corrected chi connectivity index (χ1v) is 15.2. The quantitative estimate of drug-likeness (QED) is 0.178. The lowest BCUT2D eigenvalue weighted by atomic mass is 9.69. The maximum atomic E-state index is 13.0. The van der Waals surface area contributed by atoms with Crippen LogP contribution in [0.15, 0.2) is 27.1 Å². The topological polar surface area (TPSA) is 113 Å². The van der Waals surface area contributed by atoms with Gasteiger partial charge in [-0.3, -0.25) is 9.12 Å². The van der Waals surface area contributed by atoms with Crippen LogP contribution in [0.1, 0.15) is 62.1 Å². The normalized spacial score (nSPS) is 17.7. The summed E-state index contributed by atoms with van der Waals surface area (Å²) >= 11 is 6.27. The Bertz CT molecular complexity index is 1750. The van der Waals surface area contributed by atoms with Crippen molar-refractivity contribution in [3.63, 3.8) is 0 Å². The van der Waals surface area contributed by atoms with Crippen LogP contribution in [0.3, 0.4) is 0 Å². The van der Waals surface area contributed by atoms with Crippen molar-refractivity contribution in [2.75, 3.05) is 23.7 Å². The summed E-state index contributed by atoms with van der Waals surface area (Å²) < 4.78 is 38.6. The number of thiazole rings is 1. The largest absolute Gasteiger partial charge is 0.493 e. The van der Waals surface area contributed by atoms with Crippen LogP contribution in [0.25, 0.3) is 23.1 Å². The minimum atomic E-state index is -4.20. The second-order valence-electron chi connectivity index (χ2n) is 11.3. The molecule has 202 valence electrons. The zero-order chi connectivity index (χ0) is 27.6. The molecule has 2 aliphatic rings. The van der Waals surface area contributed by atoms with Crippen molar-refractivity contribution in [3.8, 4) is 5.88 Å². The molecule has 4 heterocycles. The molecule has 0 atom stereocenters. The van der Waals surface area contributed by atoms with E-state index in [1.54, 1.807) is 0 Å². The third-order valence-corrected chi connectivity index (χ3v) is 9.76. The fourth-order valence-electron chi connectivity index (χ4n) is 5.39. The van der Waals surface area contributed by atoms with Crippen molar-refractivity contribution in [2.45, 2.75) is 57.9 Å². The summed E-state index contributed by atoms with van der Waals surface area (Å²) in [6.45, 7) is 10.7. The monoisotopic (exact) mass is 574 g/mol. The van der Waals surface area contributed by atoms with Gasteiger partial charge >= 0.3 is 5.63 Å². The van der Waals surface area contributed by atoms with Crippen LogP contribution in [0, 0.1) is 3.95 Å². The molecule has 2 aromatic heterocycles. The number of hydrogen-bond acceptors (Lipinski definition) is 8. The van der Waals surface area contributed by atoms with E-state index in [2.05, 4.69) is 44.4 Å². The smallest absolute Gasteiger partial charge is 0.344 e. The summed E-state index contributed by atoms with van der Waals surface area (Å²) in [6, 6.07) is 3.98. The first kappa shape index (κ1) is 26.9. The molecule has 0 aliphatic carbocycles. The lowest BCUT2D eigenvalue weighted by Gasteiger charge is -2.48. The van der Waals surface area contributed by atoms with Crippen molar-refractivity contribution >= 4 is 62.5 Å². The van der Waals surface area contributed by atoms with Gasteiger partial charge in [0.2, 0.25) is 5.88 Å². The molecule has 0 radical (unpaired) electrons. The fraction of sp³-hybridized carbons (Fsp3) is 0.444. The lowest BCUT2D eigenvalue weighted by Crippen LogP contribution is -2.44. The molecule has 1 aromatic carbocycles. The highest BCUT2D eigenvalue weighted by Gasteiger charge is 2.41. The predicted molar refractivity (Wildman–Crippen MR) is 154 cm³/mol. The third kappa shape index (κ3) is 4.78.